The molecule has 1 aromatic carbocycles. The summed E-state index contributed by atoms with van der Waals surface area (Å²) in [4.78, 5) is 11.8. The van der Waals surface area contributed by atoms with Crippen molar-refractivity contribution in [2.24, 2.45) is 5.92 Å². The van der Waals surface area contributed by atoms with Crippen molar-refractivity contribution in [1.29, 1.82) is 0 Å². The second-order valence-corrected chi connectivity index (χ2v) is 5.22. The Morgan fingerprint density at radius 3 is 2.70 bits per heavy atom. The van der Waals surface area contributed by atoms with Crippen LogP contribution in [0.3, 0.4) is 0 Å². The molecular formula is C15H23FN2O2. The number of ether oxygens (including phenoxy) is 1. The van der Waals surface area contributed by atoms with Crippen molar-refractivity contribution in [1.82, 2.24) is 5.32 Å². The Morgan fingerprint density at radius 2 is 2.10 bits per heavy atom. The number of nitrogens with two attached hydrogens (primary N) is 1. The fourth-order valence-corrected chi connectivity index (χ4v) is 1.59. The molecule has 0 fully saturated rings. The molecule has 0 unspecified atom stereocenters. The van der Waals surface area contributed by atoms with Crippen molar-refractivity contribution in [2.45, 2.75) is 27.2 Å². The van der Waals surface area contributed by atoms with Gasteiger partial charge in [-0.2, -0.15) is 0 Å². The highest BCUT2D eigenvalue weighted by Gasteiger charge is 2.10. The number of nitrogen functional groups attached to an aromatic ring is 1. The maximum atomic E-state index is 13.5. The van der Waals surface area contributed by atoms with E-state index in [0.29, 0.717) is 31.2 Å². The van der Waals surface area contributed by atoms with Crippen LogP contribution in [-0.2, 0) is 4.74 Å². The zero-order valence-corrected chi connectivity index (χ0v) is 12.3. The van der Waals surface area contributed by atoms with Gasteiger partial charge in [0.1, 0.15) is 5.82 Å². The van der Waals surface area contributed by atoms with Gasteiger partial charge in [-0.1, -0.05) is 13.8 Å². The highest BCUT2D eigenvalue weighted by Crippen LogP contribution is 2.17. The second-order valence-electron chi connectivity index (χ2n) is 5.22. The highest BCUT2D eigenvalue weighted by molar-refractivity contribution is 5.95. The number of anilines is 1. The summed E-state index contributed by atoms with van der Waals surface area (Å²) < 4.78 is 18.9. The molecule has 0 heterocycles. The van der Waals surface area contributed by atoms with Gasteiger partial charge in [-0.3, -0.25) is 4.79 Å². The van der Waals surface area contributed by atoms with Crippen LogP contribution >= 0.6 is 0 Å². The van der Waals surface area contributed by atoms with Gasteiger partial charge in [-0.05, 0) is 31.4 Å². The molecule has 0 bridgehead atoms. The van der Waals surface area contributed by atoms with E-state index in [1.807, 2.05) is 0 Å². The monoisotopic (exact) mass is 282 g/mol. The first-order valence-electron chi connectivity index (χ1n) is 6.83. The minimum Gasteiger partial charge on any atom is -0.398 e. The molecule has 5 heteroatoms. The lowest BCUT2D eigenvalue weighted by Crippen LogP contribution is -2.27. The number of amides is 1. The minimum absolute atomic E-state index is 0.229. The predicted molar refractivity (Wildman–Crippen MR) is 78.2 cm³/mol. The number of carbonyl (C=O) groups is 1. The smallest absolute Gasteiger partial charge is 0.251 e. The minimum atomic E-state index is -0.469. The summed E-state index contributed by atoms with van der Waals surface area (Å²) in [6, 6.07) is 2.67. The molecule has 0 saturated carbocycles. The molecule has 1 rings (SSSR count). The van der Waals surface area contributed by atoms with Crippen molar-refractivity contribution in [2.75, 3.05) is 25.5 Å². The molecule has 0 aromatic heterocycles. The van der Waals surface area contributed by atoms with Crippen molar-refractivity contribution in [3.05, 3.63) is 29.1 Å². The standard InChI is InChI=1S/C15H23FN2O2/c1-10(2)4-6-20-7-5-18-15(19)12-8-13(16)11(3)14(17)9-12/h8-10H,4-7,17H2,1-3H3,(H,18,19). The fourth-order valence-electron chi connectivity index (χ4n) is 1.59. The highest BCUT2D eigenvalue weighted by atomic mass is 19.1. The van der Waals surface area contributed by atoms with Crippen LogP contribution in [0, 0.1) is 18.7 Å². The van der Waals surface area contributed by atoms with Crippen LogP contribution in [0.5, 0.6) is 0 Å². The normalized spacial score (nSPS) is 10.8. The average molecular weight is 282 g/mol. The van der Waals surface area contributed by atoms with Crippen molar-refractivity contribution < 1.29 is 13.9 Å². The number of benzene rings is 1. The number of rotatable bonds is 7. The van der Waals surface area contributed by atoms with Gasteiger partial charge >= 0.3 is 0 Å². The molecule has 1 amide bonds. The molecule has 0 spiro atoms. The van der Waals surface area contributed by atoms with Crippen LogP contribution in [0.2, 0.25) is 0 Å². The number of hydrogen-bond donors (Lipinski definition) is 2. The third kappa shape index (κ3) is 5.17. The van der Waals surface area contributed by atoms with Gasteiger partial charge in [0.2, 0.25) is 0 Å². The quantitative estimate of drug-likeness (QED) is 0.596. The SMILES string of the molecule is Cc1c(N)cc(C(=O)NCCOCCC(C)C)cc1F. The molecule has 0 saturated heterocycles. The Hall–Kier alpha value is -1.62. The summed E-state index contributed by atoms with van der Waals surface area (Å²) in [5.74, 6) is -0.213. The Bertz CT molecular complexity index is 438. The summed E-state index contributed by atoms with van der Waals surface area (Å²) in [5.41, 5.74) is 6.51. The molecule has 3 N–H and O–H groups in total. The molecule has 0 aliphatic heterocycles. The van der Waals surface area contributed by atoms with E-state index in [1.165, 1.54) is 12.1 Å². The van der Waals surface area contributed by atoms with Crippen LogP contribution in [0.1, 0.15) is 36.2 Å². The third-order valence-corrected chi connectivity index (χ3v) is 3.02. The van der Waals surface area contributed by atoms with Crippen LogP contribution in [-0.4, -0.2) is 25.7 Å². The lowest BCUT2D eigenvalue weighted by molar-refractivity contribution is 0.0905. The van der Waals surface area contributed by atoms with Crippen molar-refractivity contribution in [3.63, 3.8) is 0 Å². The zero-order chi connectivity index (χ0) is 15.1. The molecule has 0 aliphatic rings. The Kier molecular flexibility index (Phi) is 6.45. The molecule has 0 radical (unpaired) electrons. The van der Waals surface area contributed by atoms with Gasteiger partial charge in [0.25, 0.3) is 5.91 Å². The first-order valence-corrected chi connectivity index (χ1v) is 6.83. The van der Waals surface area contributed by atoms with Gasteiger partial charge in [-0.25, -0.2) is 4.39 Å². The number of nitrogens with one attached hydrogen (secondary N) is 1. The number of halogens is 1. The molecule has 20 heavy (non-hydrogen) atoms. The van der Waals surface area contributed by atoms with Gasteiger partial charge in [-0.15, -0.1) is 0 Å². The lowest BCUT2D eigenvalue weighted by Gasteiger charge is -2.09. The van der Waals surface area contributed by atoms with Gasteiger partial charge in [0, 0.05) is 30.0 Å². The molecule has 0 aliphatic carbocycles. The Morgan fingerprint density at radius 1 is 1.40 bits per heavy atom. The van der Waals surface area contributed by atoms with E-state index >= 15 is 0 Å². The first kappa shape index (κ1) is 16.4. The second kappa shape index (κ2) is 7.85. The average Bonchev–Trinajstić information content (AvgIpc) is 2.38. The third-order valence-electron chi connectivity index (χ3n) is 3.02. The van der Waals surface area contributed by atoms with Crippen molar-refractivity contribution in [3.8, 4) is 0 Å². The summed E-state index contributed by atoms with van der Waals surface area (Å²) in [6.45, 7) is 7.35. The topological polar surface area (TPSA) is 64.4 Å². The summed E-state index contributed by atoms with van der Waals surface area (Å²) in [7, 11) is 0. The fraction of sp³-hybridized carbons (Fsp3) is 0.533. The summed E-state index contributed by atoms with van der Waals surface area (Å²) >= 11 is 0. The van der Waals surface area contributed by atoms with E-state index in [-0.39, 0.29) is 17.2 Å². The van der Waals surface area contributed by atoms with E-state index in [4.69, 9.17) is 10.5 Å². The maximum Gasteiger partial charge on any atom is 0.251 e. The predicted octanol–water partition coefficient (Wildman–Crippen LogP) is 2.51. The van der Waals surface area contributed by atoms with Gasteiger partial charge in [0.05, 0.1) is 6.61 Å². The van der Waals surface area contributed by atoms with E-state index in [0.717, 1.165) is 6.42 Å². The Labute approximate surface area is 119 Å². The van der Waals surface area contributed by atoms with Gasteiger partial charge < -0.3 is 15.8 Å². The molecular weight excluding hydrogens is 259 g/mol. The maximum absolute atomic E-state index is 13.5. The van der Waals surface area contributed by atoms with Crippen LogP contribution in [0.25, 0.3) is 0 Å². The molecule has 4 nitrogen and oxygen atoms in total. The van der Waals surface area contributed by atoms with Gasteiger partial charge in [0.15, 0.2) is 0 Å². The van der Waals surface area contributed by atoms with Crippen molar-refractivity contribution >= 4 is 11.6 Å². The van der Waals surface area contributed by atoms with E-state index in [2.05, 4.69) is 19.2 Å². The van der Waals surface area contributed by atoms with Crippen LogP contribution in [0.15, 0.2) is 12.1 Å². The van der Waals surface area contributed by atoms with Crippen LogP contribution in [0.4, 0.5) is 10.1 Å². The van der Waals surface area contributed by atoms with Crippen LogP contribution < -0.4 is 11.1 Å². The summed E-state index contributed by atoms with van der Waals surface area (Å²) in [6.07, 6.45) is 0.994. The molecule has 1 aromatic rings. The first-order chi connectivity index (χ1) is 9.41. The van der Waals surface area contributed by atoms with E-state index in [9.17, 15) is 9.18 Å². The zero-order valence-electron chi connectivity index (χ0n) is 12.3. The van der Waals surface area contributed by atoms with E-state index in [1.54, 1.807) is 6.92 Å². The number of hydrogen-bond acceptors (Lipinski definition) is 3. The van der Waals surface area contributed by atoms with E-state index < -0.39 is 5.82 Å². The summed E-state index contributed by atoms with van der Waals surface area (Å²) in [5, 5.41) is 2.67. The number of carbonyl (C=O) groups excluding carboxylic acids is 1. The molecule has 112 valence electrons. The lowest BCUT2D eigenvalue weighted by atomic mass is 10.1. The molecule has 0 atom stereocenters. The Balaban J connectivity index is 2.36. The largest absolute Gasteiger partial charge is 0.398 e.